The Labute approximate surface area is 182 Å². The topological polar surface area (TPSA) is 110 Å². The molecule has 4 aromatic rings. The Morgan fingerprint density at radius 1 is 0.667 bits per heavy atom. The second-order valence-corrected chi connectivity index (χ2v) is 12.0. The van der Waals surface area contributed by atoms with Gasteiger partial charge in [0.1, 0.15) is 0 Å². The van der Waals surface area contributed by atoms with Crippen LogP contribution in [-0.2, 0) is 0 Å². The number of hydrogen-bond donors (Lipinski definition) is 2. The van der Waals surface area contributed by atoms with Gasteiger partial charge in [-0.2, -0.15) is 0 Å². The van der Waals surface area contributed by atoms with E-state index in [-0.39, 0.29) is 38.1 Å². The number of amides is 2. The fourth-order valence-electron chi connectivity index (χ4n) is 2.46. The quantitative estimate of drug-likeness (QED) is 0.349. The molecule has 0 unspecified atom stereocenters. The van der Waals surface area contributed by atoms with Crippen molar-refractivity contribution in [1.29, 1.82) is 0 Å². The molecule has 0 bridgehead atoms. The van der Waals surface area contributed by atoms with Gasteiger partial charge in [-0.1, -0.05) is 0 Å². The summed E-state index contributed by atoms with van der Waals surface area (Å²) in [5.74, 6) is 0.244. The molecule has 0 fully saturated rings. The molecule has 2 heterocycles. The van der Waals surface area contributed by atoms with E-state index in [1.807, 2.05) is 36.4 Å². The van der Waals surface area contributed by atoms with Crippen molar-refractivity contribution >= 4 is 58.6 Å². The summed E-state index contributed by atoms with van der Waals surface area (Å²) < 4.78 is 11.4. The third-order valence-corrected chi connectivity index (χ3v) is 11.1. The maximum absolute atomic E-state index is 12.6. The molecule has 0 aliphatic heterocycles. The number of aromatic nitrogens is 2. The van der Waals surface area contributed by atoms with Gasteiger partial charge >= 0.3 is 183 Å². The van der Waals surface area contributed by atoms with Crippen LogP contribution in [0, 0.1) is 0 Å². The van der Waals surface area contributed by atoms with E-state index in [1.54, 1.807) is 24.3 Å². The van der Waals surface area contributed by atoms with E-state index in [0.29, 0.717) is 22.8 Å². The Kier molecular flexibility index (Phi) is 6.41. The SMILES string of the molecule is O=C(Nc1ccon1)c1ccccc1[Se][Se]c1ccccc1C(=O)Nc1ccon1. The van der Waals surface area contributed by atoms with Crippen LogP contribution in [0.5, 0.6) is 0 Å². The first kappa shape index (κ1) is 20.1. The minimum atomic E-state index is -0.241. The molecule has 30 heavy (non-hydrogen) atoms. The van der Waals surface area contributed by atoms with Gasteiger partial charge in [0.05, 0.1) is 0 Å². The van der Waals surface area contributed by atoms with Crippen molar-refractivity contribution in [2.24, 2.45) is 0 Å². The molecule has 0 atom stereocenters. The van der Waals surface area contributed by atoms with E-state index >= 15 is 0 Å². The van der Waals surface area contributed by atoms with Crippen LogP contribution in [0.4, 0.5) is 11.6 Å². The van der Waals surface area contributed by atoms with Gasteiger partial charge in [-0.3, -0.25) is 0 Å². The van der Waals surface area contributed by atoms with Crippen LogP contribution in [0.2, 0.25) is 0 Å². The fraction of sp³-hybridized carbons (Fsp3) is 0. The third kappa shape index (κ3) is 4.87. The number of rotatable bonds is 7. The van der Waals surface area contributed by atoms with Crippen LogP contribution in [0.25, 0.3) is 0 Å². The summed E-state index contributed by atoms with van der Waals surface area (Å²) >= 11 is -0.0376. The van der Waals surface area contributed by atoms with Crippen LogP contribution in [0.15, 0.2) is 82.2 Å². The van der Waals surface area contributed by atoms with Gasteiger partial charge < -0.3 is 0 Å². The molecule has 150 valence electrons. The Bertz CT molecular complexity index is 1060. The summed E-state index contributed by atoms with van der Waals surface area (Å²) in [5.41, 5.74) is 1.18. The number of nitrogens with zero attached hydrogens (tertiary/aromatic N) is 2. The van der Waals surface area contributed by atoms with E-state index in [1.165, 1.54) is 12.5 Å². The molecule has 0 saturated carbocycles. The van der Waals surface area contributed by atoms with Gasteiger partial charge in [0.15, 0.2) is 0 Å². The summed E-state index contributed by atoms with van der Waals surface area (Å²) in [7, 11) is 0. The fourth-order valence-corrected chi connectivity index (χ4v) is 9.58. The number of hydrogen-bond acceptors (Lipinski definition) is 6. The average Bonchev–Trinajstić information content (AvgIpc) is 3.47. The third-order valence-electron chi connectivity index (χ3n) is 3.84. The summed E-state index contributed by atoms with van der Waals surface area (Å²) in [6, 6.07) is 18.1. The van der Waals surface area contributed by atoms with Crippen LogP contribution in [-0.4, -0.2) is 48.4 Å². The summed E-state index contributed by atoms with van der Waals surface area (Å²) in [6.07, 6.45) is 2.80. The Morgan fingerprint density at radius 3 is 1.50 bits per heavy atom. The molecule has 4 rings (SSSR count). The molecular formula is C20H14N4O4Se2. The molecule has 2 amide bonds. The van der Waals surface area contributed by atoms with Gasteiger partial charge in [-0.15, -0.1) is 0 Å². The predicted octanol–water partition coefficient (Wildman–Crippen LogP) is 1.44. The maximum atomic E-state index is 12.6. The van der Waals surface area contributed by atoms with Crippen LogP contribution < -0.4 is 19.6 Å². The molecule has 2 aromatic heterocycles. The number of benzene rings is 2. The summed E-state index contributed by atoms with van der Waals surface area (Å²) in [6.45, 7) is 0. The van der Waals surface area contributed by atoms with Crippen molar-refractivity contribution < 1.29 is 18.6 Å². The van der Waals surface area contributed by atoms with Crippen LogP contribution in [0.3, 0.4) is 0 Å². The van der Waals surface area contributed by atoms with E-state index in [0.717, 1.165) is 8.92 Å². The first-order valence-electron chi connectivity index (χ1n) is 8.67. The van der Waals surface area contributed by atoms with E-state index < -0.39 is 0 Å². The zero-order valence-corrected chi connectivity index (χ0v) is 18.7. The van der Waals surface area contributed by atoms with Crippen molar-refractivity contribution in [3.05, 3.63) is 84.3 Å². The standard InChI is InChI=1S/C20H14N4O4Se2/c25-19(21-17-9-11-27-23-17)13-5-1-3-7-15(13)29-30-16-8-4-2-6-14(16)20(26)22-18-10-12-28-24-18/h1-12H,(H,21,23,25)(H,22,24,26). The molecule has 8 nitrogen and oxygen atoms in total. The van der Waals surface area contributed by atoms with Crippen molar-refractivity contribution in [1.82, 2.24) is 10.3 Å². The molecule has 0 radical (unpaired) electrons. The average molecular weight is 532 g/mol. The normalized spacial score (nSPS) is 10.5. The second-order valence-electron chi connectivity index (χ2n) is 5.84. The van der Waals surface area contributed by atoms with Crippen molar-refractivity contribution in [2.75, 3.05) is 10.6 Å². The van der Waals surface area contributed by atoms with Crippen molar-refractivity contribution in [3.8, 4) is 0 Å². The minimum absolute atomic E-state index is 0.0188. The Morgan fingerprint density at radius 2 is 1.10 bits per heavy atom. The van der Waals surface area contributed by atoms with E-state index in [4.69, 9.17) is 9.05 Å². The number of anilines is 2. The van der Waals surface area contributed by atoms with E-state index in [2.05, 4.69) is 20.9 Å². The molecule has 2 aromatic carbocycles. The number of carbonyl (C=O) groups is 2. The molecule has 10 heteroatoms. The first-order valence-corrected chi connectivity index (χ1v) is 14.7. The number of nitrogens with one attached hydrogen (secondary N) is 2. The summed E-state index contributed by atoms with van der Waals surface area (Å²) in [4.78, 5) is 25.3. The van der Waals surface area contributed by atoms with Crippen LogP contribution in [0.1, 0.15) is 20.7 Å². The molecule has 0 spiro atoms. The molecule has 0 saturated heterocycles. The molecule has 2 N–H and O–H groups in total. The van der Waals surface area contributed by atoms with Gasteiger partial charge in [0, 0.05) is 0 Å². The zero-order chi connectivity index (χ0) is 20.8. The van der Waals surface area contributed by atoms with Crippen LogP contribution >= 0.6 is 0 Å². The van der Waals surface area contributed by atoms with Crippen molar-refractivity contribution in [2.45, 2.75) is 0 Å². The first-order chi connectivity index (χ1) is 14.7. The monoisotopic (exact) mass is 534 g/mol. The zero-order valence-electron chi connectivity index (χ0n) is 15.3. The summed E-state index contributed by atoms with van der Waals surface area (Å²) in [5, 5.41) is 12.9. The van der Waals surface area contributed by atoms with Crippen molar-refractivity contribution in [3.63, 3.8) is 0 Å². The molecule has 0 aliphatic rings. The number of carbonyl (C=O) groups excluding carboxylic acids is 2. The van der Waals surface area contributed by atoms with Gasteiger partial charge in [-0.25, -0.2) is 0 Å². The second kappa shape index (κ2) is 9.56. The molecular weight excluding hydrogens is 518 g/mol. The van der Waals surface area contributed by atoms with Gasteiger partial charge in [0.25, 0.3) is 0 Å². The van der Waals surface area contributed by atoms with E-state index in [9.17, 15) is 9.59 Å². The van der Waals surface area contributed by atoms with Gasteiger partial charge in [-0.05, 0) is 0 Å². The van der Waals surface area contributed by atoms with Gasteiger partial charge in [0.2, 0.25) is 0 Å². The Balaban J connectivity index is 1.49. The Hall–Kier alpha value is -3.16. The predicted molar refractivity (Wildman–Crippen MR) is 113 cm³/mol. The molecule has 0 aliphatic carbocycles.